The second-order valence-electron chi connectivity index (χ2n) is 6.76. The number of rotatable bonds is 6. The normalized spacial score (nSPS) is 16.5. The van der Waals surface area contributed by atoms with Gasteiger partial charge >= 0.3 is 0 Å². The molecule has 1 fully saturated rings. The number of carbonyl (C=O) groups excluding carboxylic acids is 1. The highest BCUT2D eigenvalue weighted by Gasteiger charge is 2.23. The first kappa shape index (κ1) is 18.2. The summed E-state index contributed by atoms with van der Waals surface area (Å²) in [6, 6.07) is 3.21. The van der Waals surface area contributed by atoms with Gasteiger partial charge in [-0.3, -0.25) is 14.3 Å². The summed E-state index contributed by atoms with van der Waals surface area (Å²) in [7, 11) is 1.65. The Bertz CT molecular complexity index is 777. The van der Waals surface area contributed by atoms with Gasteiger partial charge in [0.2, 0.25) is 5.91 Å². The van der Waals surface area contributed by atoms with E-state index in [1.165, 1.54) is 4.68 Å². The topological polar surface area (TPSA) is 85.0 Å². The fraction of sp³-hybridized carbons (Fsp3) is 0.556. The zero-order valence-corrected chi connectivity index (χ0v) is 15.3. The van der Waals surface area contributed by atoms with Crippen molar-refractivity contribution >= 4 is 11.6 Å². The molecule has 1 unspecified atom stereocenters. The fourth-order valence-corrected chi connectivity index (χ4v) is 3.35. The molecule has 0 aliphatic carbocycles. The highest BCUT2D eigenvalue weighted by atomic mass is 16.2. The molecule has 140 valence electrons. The lowest BCUT2D eigenvalue weighted by Gasteiger charge is -2.33. The van der Waals surface area contributed by atoms with Crippen LogP contribution in [0.4, 0.5) is 5.69 Å². The highest BCUT2D eigenvalue weighted by Crippen LogP contribution is 2.21. The Morgan fingerprint density at radius 2 is 2.12 bits per heavy atom. The van der Waals surface area contributed by atoms with Crippen molar-refractivity contribution in [2.24, 2.45) is 13.0 Å². The van der Waals surface area contributed by atoms with Gasteiger partial charge in [0.05, 0.1) is 11.9 Å². The molecule has 8 nitrogen and oxygen atoms in total. The monoisotopic (exact) mass is 358 g/mol. The van der Waals surface area contributed by atoms with Gasteiger partial charge in [-0.05, 0) is 31.2 Å². The zero-order chi connectivity index (χ0) is 18.5. The van der Waals surface area contributed by atoms with E-state index >= 15 is 0 Å². The number of nitrogens with zero attached hydrogens (tertiary/aromatic N) is 5. The maximum atomic E-state index is 12.4. The second kappa shape index (κ2) is 8.16. The third-order valence-corrected chi connectivity index (χ3v) is 5.03. The minimum atomic E-state index is -0.253. The number of aromatic nitrogens is 4. The van der Waals surface area contributed by atoms with Gasteiger partial charge < -0.3 is 10.2 Å². The van der Waals surface area contributed by atoms with Crippen LogP contribution in [0.5, 0.6) is 0 Å². The molecule has 1 N–H and O–H groups in total. The molecule has 1 atom stereocenters. The predicted octanol–water partition coefficient (Wildman–Crippen LogP) is 0.961. The first-order valence-electron chi connectivity index (χ1n) is 9.13. The number of piperidine rings is 1. The SMILES string of the molecule is CCC(C(=O)NCC1CCN(c2cnn(C)c(=O)c2)CC1)n1cccn1. The molecule has 1 aliphatic rings. The van der Waals surface area contributed by atoms with Crippen LogP contribution in [0.15, 0.2) is 35.5 Å². The molecule has 1 aliphatic heterocycles. The fourth-order valence-electron chi connectivity index (χ4n) is 3.35. The quantitative estimate of drug-likeness (QED) is 0.831. The summed E-state index contributed by atoms with van der Waals surface area (Å²) in [5.41, 5.74) is 0.779. The van der Waals surface area contributed by atoms with E-state index in [2.05, 4.69) is 20.4 Å². The van der Waals surface area contributed by atoms with Crippen LogP contribution < -0.4 is 15.8 Å². The molecule has 3 heterocycles. The molecule has 2 aromatic heterocycles. The van der Waals surface area contributed by atoms with Gasteiger partial charge in [-0.15, -0.1) is 0 Å². The first-order chi connectivity index (χ1) is 12.6. The average molecular weight is 358 g/mol. The summed E-state index contributed by atoms with van der Waals surface area (Å²) >= 11 is 0. The maximum absolute atomic E-state index is 12.4. The van der Waals surface area contributed by atoms with E-state index in [1.807, 2.05) is 19.2 Å². The molecule has 3 rings (SSSR count). The summed E-state index contributed by atoms with van der Waals surface area (Å²) in [5, 5.41) is 11.3. The highest BCUT2D eigenvalue weighted by molar-refractivity contribution is 5.80. The average Bonchev–Trinajstić information content (AvgIpc) is 3.18. The van der Waals surface area contributed by atoms with Gasteiger partial charge in [0.15, 0.2) is 0 Å². The molecule has 8 heteroatoms. The number of hydrogen-bond donors (Lipinski definition) is 1. The number of anilines is 1. The first-order valence-corrected chi connectivity index (χ1v) is 9.13. The molecule has 1 saturated heterocycles. The second-order valence-corrected chi connectivity index (χ2v) is 6.76. The van der Waals surface area contributed by atoms with Crippen LogP contribution in [0.2, 0.25) is 0 Å². The predicted molar refractivity (Wildman–Crippen MR) is 99.0 cm³/mol. The van der Waals surface area contributed by atoms with Crippen molar-refractivity contribution in [3.05, 3.63) is 41.1 Å². The van der Waals surface area contributed by atoms with Crippen LogP contribution in [0.3, 0.4) is 0 Å². The van der Waals surface area contributed by atoms with Crippen LogP contribution in [0.25, 0.3) is 0 Å². The van der Waals surface area contributed by atoms with Crippen molar-refractivity contribution in [3.63, 3.8) is 0 Å². The Morgan fingerprint density at radius 1 is 1.35 bits per heavy atom. The molecule has 0 radical (unpaired) electrons. The summed E-state index contributed by atoms with van der Waals surface area (Å²) < 4.78 is 3.04. The number of aryl methyl sites for hydroxylation is 1. The van der Waals surface area contributed by atoms with Gasteiger partial charge in [0.1, 0.15) is 6.04 Å². The summed E-state index contributed by atoms with van der Waals surface area (Å²) in [6.45, 7) is 4.40. The molecular formula is C18H26N6O2. The molecule has 0 aromatic carbocycles. The van der Waals surface area contributed by atoms with E-state index in [0.717, 1.165) is 31.6 Å². The molecule has 26 heavy (non-hydrogen) atoms. The third kappa shape index (κ3) is 4.12. The summed E-state index contributed by atoms with van der Waals surface area (Å²) in [6.07, 6.45) is 7.92. The molecule has 1 amide bonds. The van der Waals surface area contributed by atoms with Gasteiger partial charge in [0.25, 0.3) is 5.56 Å². The summed E-state index contributed by atoms with van der Waals surface area (Å²) in [4.78, 5) is 26.4. The Balaban J connectivity index is 1.48. The number of hydrogen-bond acceptors (Lipinski definition) is 5. The van der Waals surface area contributed by atoms with E-state index in [-0.39, 0.29) is 17.5 Å². The molecule has 0 spiro atoms. The zero-order valence-electron chi connectivity index (χ0n) is 15.3. The number of amides is 1. The molecule has 0 saturated carbocycles. The van der Waals surface area contributed by atoms with Crippen molar-refractivity contribution in [2.75, 3.05) is 24.5 Å². The van der Waals surface area contributed by atoms with Crippen LogP contribution >= 0.6 is 0 Å². The van der Waals surface area contributed by atoms with Crippen LogP contribution in [-0.4, -0.2) is 45.1 Å². The van der Waals surface area contributed by atoms with Gasteiger partial charge in [0, 0.05) is 45.1 Å². The Morgan fingerprint density at radius 3 is 2.73 bits per heavy atom. The molecule has 0 bridgehead atoms. The van der Waals surface area contributed by atoms with E-state index < -0.39 is 0 Å². The smallest absolute Gasteiger partial charge is 0.268 e. The Labute approximate surface area is 152 Å². The molecule has 2 aromatic rings. The summed E-state index contributed by atoms with van der Waals surface area (Å²) in [5.74, 6) is 0.471. The van der Waals surface area contributed by atoms with Crippen LogP contribution in [0.1, 0.15) is 32.2 Å². The Kier molecular flexibility index (Phi) is 5.70. The van der Waals surface area contributed by atoms with Gasteiger partial charge in [-0.1, -0.05) is 6.92 Å². The largest absolute Gasteiger partial charge is 0.370 e. The van der Waals surface area contributed by atoms with Crippen LogP contribution in [-0.2, 0) is 11.8 Å². The van der Waals surface area contributed by atoms with Crippen molar-refractivity contribution in [2.45, 2.75) is 32.2 Å². The lowest BCUT2D eigenvalue weighted by Crippen LogP contribution is -2.41. The maximum Gasteiger partial charge on any atom is 0.268 e. The minimum absolute atomic E-state index is 0.0226. The number of nitrogens with one attached hydrogen (secondary N) is 1. The van der Waals surface area contributed by atoms with Crippen molar-refractivity contribution < 1.29 is 4.79 Å². The molecular weight excluding hydrogens is 332 g/mol. The minimum Gasteiger partial charge on any atom is -0.370 e. The lowest BCUT2D eigenvalue weighted by molar-refractivity contribution is -0.124. The van der Waals surface area contributed by atoms with E-state index in [9.17, 15) is 9.59 Å². The number of carbonyl (C=O) groups is 1. The van der Waals surface area contributed by atoms with Crippen molar-refractivity contribution in [1.82, 2.24) is 24.9 Å². The van der Waals surface area contributed by atoms with Crippen LogP contribution in [0, 0.1) is 5.92 Å². The van der Waals surface area contributed by atoms with Gasteiger partial charge in [-0.2, -0.15) is 10.2 Å². The van der Waals surface area contributed by atoms with Gasteiger partial charge in [-0.25, -0.2) is 4.68 Å². The third-order valence-electron chi connectivity index (χ3n) is 5.03. The van der Waals surface area contributed by atoms with E-state index in [1.54, 1.807) is 30.2 Å². The van der Waals surface area contributed by atoms with Crippen molar-refractivity contribution in [3.8, 4) is 0 Å². The lowest BCUT2D eigenvalue weighted by atomic mass is 9.96. The van der Waals surface area contributed by atoms with E-state index in [4.69, 9.17) is 0 Å². The standard InChI is InChI=1S/C18H26N6O2/c1-3-16(24-8-4-7-20-24)18(26)19-12-14-5-9-23(10-6-14)15-11-17(25)22(2)21-13-15/h4,7-8,11,13-14,16H,3,5-6,9-10,12H2,1-2H3,(H,19,26). The Hall–Kier alpha value is -2.64. The van der Waals surface area contributed by atoms with Crippen molar-refractivity contribution in [1.29, 1.82) is 0 Å². The van der Waals surface area contributed by atoms with E-state index in [0.29, 0.717) is 18.9 Å².